The van der Waals surface area contributed by atoms with E-state index in [-0.39, 0.29) is 18.3 Å². The summed E-state index contributed by atoms with van der Waals surface area (Å²) in [5.74, 6) is -0.352. The lowest BCUT2D eigenvalue weighted by atomic mass is 10.0. The van der Waals surface area contributed by atoms with Gasteiger partial charge in [0.15, 0.2) is 0 Å². The number of thioether (sulfide) groups is 1. The lowest BCUT2D eigenvalue weighted by Gasteiger charge is -2.33. The summed E-state index contributed by atoms with van der Waals surface area (Å²) in [5, 5.41) is 0.725. The molecule has 5 rings (SSSR count). The van der Waals surface area contributed by atoms with Crippen molar-refractivity contribution in [3.63, 3.8) is 0 Å². The minimum absolute atomic E-state index is 0.0683. The van der Waals surface area contributed by atoms with Gasteiger partial charge in [0.05, 0.1) is 10.2 Å². The van der Waals surface area contributed by atoms with Crippen LogP contribution in [0, 0.1) is 5.82 Å². The number of aromatic nitrogens is 1. The predicted octanol–water partition coefficient (Wildman–Crippen LogP) is 4.07. The van der Waals surface area contributed by atoms with Crippen molar-refractivity contribution in [2.24, 2.45) is 0 Å². The molecule has 3 aromatic rings. The second kappa shape index (κ2) is 7.11. The molecule has 0 bridgehead atoms. The maximum Gasteiger partial charge on any atom is 0.330 e. The summed E-state index contributed by atoms with van der Waals surface area (Å²) < 4.78 is 20.0. The van der Waals surface area contributed by atoms with Crippen molar-refractivity contribution < 1.29 is 18.7 Å². The Kier molecular flexibility index (Phi) is 4.55. The Morgan fingerprint density at radius 3 is 2.83 bits per heavy atom. The Bertz CT molecular complexity index is 1070. The molecule has 1 amide bonds. The number of fused-ring (bicyclic) bond motifs is 2. The molecule has 2 atom stereocenters. The van der Waals surface area contributed by atoms with Crippen molar-refractivity contribution in [3.05, 3.63) is 64.9 Å². The van der Waals surface area contributed by atoms with Crippen LogP contribution >= 0.6 is 23.1 Å². The van der Waals surface area contributed by atoms with Crippen molar-refractivity contribution >= 4 is 45.2 Å². The van der Waals surface area contributed by atoms with Gasteiger partial charge in [-0.15, -0.1) is 23.1 Å². The van der Waals surface area contributed by atoms with E-state index in [9.17, 15) is 14.0 Å². The van der Waals surface area contributed by atoms with E-state index < -0.39 is 16.9 Å². The minimum Gasteiger partial charge on any atom is -0.457 e. The van der Waals surface area contributed by atoms with E-state index in [1.165, 1.54) is 23.5 Å². The quantitative estimate of drug-likeness (QED) is 0.587. The topological polar surface area (TPSA) is 59.5 Å². The number of nitrogens with zero attached hydrogens (tertiary/aromatic N) is 2. The zero-order valence-electron chi connectivity index (χ0n) is 15.3. The standard InChI is InChI=1S/C21H17FN2O3S2/c22-14-7-5-13(6-8-14)21-10-9-19(25)24(21)16(12-28-21)20(26)27-11-18-23-15-3-1-2-4-17(15)29-18/h1-8,16H,9-12H2. The van der Waals surface area contributed by atoms with Crippen molar-refractivity contribution in [2.75, 3.05) is 5.75 Å². The third kappa shape index (κ3) is 3.11. The number of hydrogen-bond acceptors (Lipinski definition) is 6. The molecule has 2 unspecified atom stereocenters. The number of hydrogen-bond donors (Lipinski definition) is 0. The Hall–Kier alpha value is -2.45. The molecule has 8 heteroatoms. The molecule has 0 saturated carbocycles. The lowest BCUT2D eigenvalue weighted by molar-refractivity contribution is -0.155. The van der Waals surface area contributed by atoms with E-state index in [2.05, 4.69) is 4.98 Å². The van der Waals surface area contributed by atoms with Gasteiger partial charge < -0.3 is 9.64 Å². The van der Waals surface area contributed by atoms with Crippen molar-refractivity contribution in [1.29, 1.82) is 0 Å². The number of esters is 1. The fourth-order valence-corrected chi connectivity index (χ4v) is 6.56. The maximum absolute atomic E-state index is 13.4. The second-order valence-corrected chi connectivity index (χ2v) is 9.48. The van der Waals surface area contributed by atoms with E-state index in [0.29, 0.717) is 18.6 Å². The zero-order chi connectivity index (χ0) is 20.0. The molecule has 1 aromatic heterocycles. The highest BCUT2D eigenvalue weighted by atomic mass is 32.2. The monoisotopic (exact) mass is 428 g/mol. The highest BCUT2D eigenvalue weighted by Gasteiger charge is 2.57. The van der Waals surface area contributed by atoms with E-state index in [1.807, 2.05) is 24.3 Å². The minimum atomic E-state index is -0.644. The number of benzene rings is 2. The molecule has 2 aliphatic heterocycles. The van der Waals surface area contributed by atoms with Crippen molar-refractivity contribution in [2.45, 2.75) is 30.4 Å². The molecule has 29 heavy (non-hydrogen) atoms. The van der Waals surface area contributed by atoms with Gasteiger partial charge in [-0.1, -0.05) is 24.3 Å². The van der Waals surface area contributed by atoms with Crippen LogP contribution in [0.25, 0.3) is 10.2 Å². The van der Waals surface area contributed by atoms with Crippen LogP contribution in [-0.4, -0.2) is 33.6 Å². The van der Waals surface area contributed by atoms with E-state index in [0.717, 1.165) is 20.8 Å². The Morgan fingerprint density at radius 1 is 1.24 bits per heavy atom. The first kappa shape index (κ1) is 18.6. The van der Waals surface area contributed by atoms with Gasteiger partial charge >= 0.3 is 5.97 Å². The zero-order valence-corrected chi connectivity index (χ0v) is 17.0. The van der Waals surface area contributed by atoms with Crippen molar-refractivity contribution in [1.82, 2.24) is 9.88 Å². The average molecular weight is 429 g/mol. The van der Waals surface area contributed by atoms with E-state index >= 15 is 0 Å². The van der Waals surface area contributed by atoms with Gasteiger partial charge in [0.25, 0.3) is 0 Å². The Balaban J connectivity index is 1.35. The first-order valence-electron chi connectivity index (χ1n) is 9.30. The molecule has 2 saturated heterocycles. The van der Waals surface area contributed by atoms with Gasteiger partial charge in [-0.3, -0.25) is 4.79 Å². The van der Waals surface area contributed by atoms with Gasteiger partial charge in [0.2, 0.25) is 5.91 Å². The number of rotatable bonds is 4. The van der Waals surface area contributed by atoms with Crippen LogP contribution in [0.4, 0.5) is 4.39 Å². The first-order valence-corrected chi connectivity index (χ1v) is 11.1. The molecule has 0 radical (unpaired) electrons. The largest absolute Gasteiger partial charge is 0.457 e. The normalized spacial score (nSPS) is 23.6. The summed E-state index contributed by atoms with van der Waals surface area (Å²) in [7, 11) is 0. The smallest absolute Gasteiger partial charge is 0.330 e. The van der Waals surface area contributed by atoms with Crippen LogP contribution in [0.1, 0.15) is 23.4 Å². The summed E-state index contributed by atoms with van der Waals surface area (Å²) in [6.07, 6.45) is 0.968. The molecule has 0 N–H and O–H groups in total. The van der Waals surface area contributed by atoms with E-state index in [1.54, 1.807) is 28.8 Å². The van der Waals surface area contributed by atoms with Gasteiger partial charge in [-0.05, 0) is 36.2 Å². The SMILES string of the molecule is O=C(OCc1nc2ccccc2s1)C1CSC2(c3ccc(F)cc3)CCC(=O)N12. The number of halogens is 1. The summed E-state index contributed by atoms with van der Waals surface area (Å²) in [4.78, 5) is 31.0. The van der Waals surface area contributed by atoms with Crippen LogP contribution in [0.2, 0.25) is 0 Å². The van der Waals surface area contributed by atoms with E-state index in [4.69, 9.17) is 4.74 Å². The molecule has 2 aromatic carbocycles. The summed E-state index contributed by atoms with van der Waals surface area (Å²) >= 11 is 3.04. The summed E-state index contributed by atoms with van der Waals surface area (Å²) in [6.45, 7) is 0.0882. The third-order valence-electron chi connectivity index (χ3n) is 5.37. The second-order valence-electron chi connectivity index (χ2n) is 7.06. The molecule has 0 aliphatic carbocycles. The molecule has 148 valence electrons. The molecule has 3 heterocycles. The molecule has 2 fully saturated rings. The highest BCUT2D eigenvalue weighted by molar-refractivity contribution is 8.00. The highest BCUT2D eigenvalue weighted by Crippen LogP contribution is 2.54. The first-order chi connectivity index (χ1) is 14.1. The van der Waals surface area contributed by atoms with Crippen LogP contribution in [-0.2, 0) is 25.8 Å². The maximum atomic E-state index is 13.4. The van der Waals surface area contributed by atoms with Gasteiger partial charge in [-0.2, -0.15) is 0 Å². The van der Waals surface area contributed by atoms with Crippen LogP contribution in [0.3, 0.4) is 0 Å². The summed E-state index contributed by atoms with van der Waals surface area (Å²) in [6, 6.07) is 13.3. The summed E-state index contributed by atoms with van der Waals surface area (Å²) in [5.41, 5.74) is 1.72. The molecule has 2 aliphatic rings. The average Bonchev–Trinajstić information content (AvgIpc) is 3.40. The van der Waals surface area contributed by atoms with Gasteiger partial charge in [0, 0.05) is 12.2 Å². The molecular formula is C21H17FN2O3S2. The molecule has 5 nitrogen and oxygen atoms in total. The fourth-order valence-electron chi connectivity index (χ4n) is 4.04. The number of carbonyl (C=O) groups is 2. The van der Waals surface area contributed by atoms with Crippen LogP contribution in [0.15, 0.2) is 48.5 Å². The van der Waals surface area contributed by atoms with Crippen LogP contribution in [0.5, 0.6) is 0 Å². The molecule has 0 spiro atoms. The number of thiazole rings is 1. The Labute approximate surface area is 174 Å². The number of ether oxygens (including phenoxy) is 1. The van der Waals surface area contributed by atoms with Gasteiger partial charge in [0.1, 0.15) is 28.3 Å². The van der Waals surface area contributed by atoms with Crippen molar-refractivity contribution in [3.8, 4) is 0 Å². The fraction of sp³-hybridized carbons (Fsp3) is 0.286. The number of carbonyl (C=O) groups excluding carboxylic acids is 2. The number of amides is 1. The third-order valence-corrected chi connectivity index (χ3v) is 7.98. The van der Waals surface area contributed by atoms with Crippen LogP contribution < -0.4 is 0 Å². The van der Waals surface area contributed by atoms with Gasteiger partial charge in [-0.25, -0.2) is 14.2 Å². The number of para-hydroxylation sites is 1. The Morgan fingerprint density at radius 2 is 2.03 bits per heavy atom. The lowest BCUT2D eigenvalue weighted by Crippen LogP contribution is -2.46. The molecular weight excluding hydrogens is 411 g/mol. The predicted molar refractivity (Wildman–Crippen MR) is 110 cm³/mol.